The number of furan rings is 1. The molecule has 4 aromatic rings. The average molecular weight is 268 g/mol. The van der Waals surface area contributed by atoms with Gasteiger partial charge in [-0.15, -0.1) is 22.7 Å². The van der Waals surface area contributed by atoms with E-state index < -0.39 is 0 Å². The first kappa shape index (κ1) is 9.36. The Bertz CT molecular complexity index is 907. The predicted molar refractivity (Wildman–Crippen MR) is 77.7 cm³/mol. The molecule has 0 saturated heterocycles. The first-order valence-electron chi connectivity index (χ1n) is 5.90. The summed E-state index contributed by atoms with van der Waals surface area (Å²) >= 11 is 3.63. The van der Waals surface area contributed by atoms with Crippen molar-refractivity contribution in [3.05, 3.63) is 46.3 Å². The van der Waals surface area contributed by atoms with Crippen LogP contribution in [0, 0.1) is 0 Å². The highest BCUT2D eigenvalue weighted by atomic mass is 32.1. The summed E-state index contributed by atoms with van der Waals surface area (Å²) in [7, 11) is 0. The van der Waals surface area contributed by atoms with Crippen LogP contribution in [0.2, 0.25) is 0 Å². The van der Waals surface area contributed by atoms with E-state index in [1.54, 1.807) is 11.3 Å². The van der Waals surface area contributed by atoms with Crippen LogP contribution in [-0.4, -0.2) is 0 Å². The van der Waals surface area contributed by atoms with Gasteiger partial charge < -0.3 is 4.42 Å². The normalized spacial score (nSPS) is 13.3. The molecule has 5 rings (SSSR count). The molecule has 0 atom stereocenters. The molecule has 1 aromatic carbocycles. The van der Waals surface area contributed by atoms with Crippen molar-refractivity contribution in [1.29, 1.82) is 0 Å². The van der Waals surface area contributed by atoms with Gasteiger partial charge in [-0.25, -0.2) is 0 Å². The van der Waals surface area contributed by atoms with E-state index in [2.05, 4.69) is 29.6 Å². The van der Waals surface area contributed by atoms with Gasteiger partial charge >= 0.3 is 0 Å². The fourth-order valence-electron chi connectivity index (χ4n) is 2.92. The highest BCUT2D eigenvalue weighted by Crippen LogP contribution is 2.49. The van der Waals surface area contributed by atoms with Gasteiger partial charge in [0.05, 0.1) is 0 Å². The van der Waals surface area contributed by atoms with Crippen LogP contribution in [0.1, 0.15) is 10.4 Å². The van der Waals surface area contributed by atoms with E-state index in [0.717, 1.165) is 11.3 Å². The summed E-state index contributed by atoms with van der Waals surface area (Å²) in [4.78, 5) is 2.55. The third kappa shape index (κ3) is 0.982. The van der Waals surface area contributed by atoms with Crippen molar-refractivity contribution >= 4 is 43.0 Å². The molecule has 0 saturated carbocycles. The molecule has 0 bridgehead atoms. The molecule has 0 fully saturated rings. The lowest BCUT2D eigenvalue weighted by atomic mass is 9.93. The monoisotopic (exact) mass is 268 g/mol. The first-order valence-corrected chi connectivity index (χ1v) is 7.60. The van der Waals surface area contributed by atoms with Crippen molar-refractivity contribution in [2.24, 2.45) is 0 Å². The van der Waals surface area contributed by atoms with Crippen LogP contribution in [-0.2, 0) is 6.42 Å². The maximum absolute atomic E-state index is 5.70. The largest absolute Gasteiger partial charge is 0.453 e. The number of benzene rings is 1. The Morgan fingerprint density at radius 3 is 3.11 bits per heavy atom. The van der Waals surface area contributed by atoms with Gasteiger partial charge in [0.1, 0.15) is 6.26 Å². The summed E-state index contributed by atoms with van der Waals surface area (Å²) in [6, 6.07) is 8.67. The van der Waals surface area contributed by atoms with Gasteiger partial charge in [-0.2, -0.15) is 0 Å². The molecule has 86 valence electrons. The molecule has 3 heteroatoms. The number of rotatable bonds is 0. The minimum Gasteiger partial charge on any atom is -0.453 e. The molecule has 1 aliphatic rings. The zero-order chi connectivity index (χ0) is 11.7. The van der Waals surface area contributed by atoms with Gasteiger partial charge in [-0.05, 0) is 17.0 Å². The van der Waals surface area contributed by atoms with Crippen LogP contribution < -0.4 is 0 Å². The molecule has 0 aliphatic heterocycles. The summed E-state index contributed by atoms with van der Waals surface area (Å²) < 4.78 is 7.08. The Morgan fingerprint density at radius 1 is 1.17 bits per heavy atom. The number of thiophene rings is 2. The number of hydrogen-bond acceptors (Lipinski definition) is 3. The molecular formula is C15H8OS2. The minimum atomic E-state index is 1.06. The fourth-order valence-corrected chi connectivity index (χ4v) is 5.07. The SMILES string of the molecule is c1ccc2c3c(sc2c1)Cc1csc2occ-3c12. The molecule has 0 unspecified atom stereocenters. The number of hydrogen-bond donors (Lipinski definition) is 0. The first-order chi connectivity index (χ1) is 8.92. The topological polar surface area (TPSA) is 13.1 Å². The second kappa shape index (κ2) is 3.05. The van der Waals surface area contributed by atoms with Crippen LogP contribution in [0.4, 0.5) is 0 Å². The maximum Gasteiger partial charge on any atom is 0.188 e. The van der Waals surface area contributed by atoms with E-state index in [-0.39, 0.29) is 0 Å². The molecule has 0 amide bonds. The van der Waals surface area contributed by atoms with Gasteiger partial charge in [0, 0.05) is 37.9 Å². The quantitative estimate of drug-likeness (QED) is 0.372. The average Bonchev–Trinajstić information content (AvgIpc) is 3.06. The lowest BCUT2D eigenvalue weighted by Crippen LogP contribution is -1.92. The maximum atomic E-state index is 5.70. The molecule has 0 radical (unpaired) electrons. The Morgan fingerprint density at radius 2 is 2.11 bits per heavy atom. The highest BCUT2D eigenvalue weighted by Gasteiger charge is 2.25. The van der Waals surface area contributed by atoms with E-state index in [1.165, 1.54) is 37.0 Å². The molecule has 18 heavy (non-hydrogen) atoms. The lowest BCUT2D eigenvalue weighted by molar-refractivity contribution is 0.625. The van der Waals surface area contributed by atoms with Crippen LogP contribution in [0.15, 0.2) is 40.3 Å². The lowest BCUT2D eigenvalue weighted by Gasteiger charge is -2.09. The van der Waals surface area contributed by atoms with E-state index in [4.69, 9.17) is 4.42 Å². The van der Waals surface area contributed by atoms with Gasteiger partial charge in [0.15, 0.2) is 4.90 Å². The smallest absolute Gasteiger partial charge is 0.188 e. The van der Waals surface area contributed by atoms with Gasteiger partial charge in [-0.3, -0.25) is 0 Å². The molecule has 1 nitrogen and oxygen atoms in total. The van der Waals surface area contributed by atoms with Crippen molar-refractivity contribution in [3.63, 3.8) is 0 Å². The Balaban J connectivity index is 2.03. The molecule has 0 N–H and O–H groups in total. The van der Waals surface area contributed by atoms with Crippen LogP contribution in [0.5, 0.6) is 0 Å². The summed E-state index contributed by atoms with van der Waals surface area (Å²) in [6.45, 7) is 0. The zero-order valence-corrected chi connectivity index (χ0v) is 11.0. The molecular weight excluding hydrogens is 260 g/mol. The van der Waals surface area contributed by atoms with Gasteiger partial charge in [0.25, 0.3) is 0 Å². The zero-order valence-electron chi connectivity index (χ0n) is 9.40. The van der Waals surface area contributed by atoms with E-state index in [0.29, 0.717) is 0 Å². The van der Waals surface area contributed by atoms with Crippen LogP contribution in [0.25, 0.3) is 31.5 Å². The van der Waals surface area contributed by atoms with Gasteiger partial charge in [0.2, 0.25) is 0 Å². The molecule has 1 aliphatic carbocycles. The van der Waals surface area contributed by atoms with Crippen molar-refractivity contribution in [2.45, 2.75) is 6.42 Å². The van der Waals surface area contributed by atoms with Crippen molar-refractivity contribution in [1.82, 2.24) is 0 Å². The fraction of sp³-hybridized carbons (Fsp3) is 0.0667. The summed E-state index contributed by atoms with van der Waals surface area (Å²) in [6.07, 6.45) is 2.99. The second-order valence-corrected chi connectivity index (χ2v) is 6.62. The standard InChI is InChI=1S/C15H8OS2/c1-2-4-11-9(3-1)14-10-6-16-15-13(10)8(7-17-15)5-12(14)18-11/h1-4,6-7H,5H2. The molecule has 3 aromatic heterocycles. The van der Waals surface area contributed by atoms with E-state index in [1.807, 2.05) is 17.6 Å². The highest BCUT2D eigenvalue weighted by molar-refractivity contribution is 7.20. The second-order valence-electron chi connectivity index (χ2n) is 4.65. The van der Waals surface area contributed by atoms with E-state index >= 15 is 0 Å². The van der Waals surface area contributed by atoms with Crippen molar-refractivity contribution < 1.29 is 4.42 Å². The summed E-state index contributed by atoms with van der Waals surface area (Å²) in [5.74, 6) is 0. The Labute approximate surface area is 111 Å². The minimum absolute atomic E-state index is 1.06. The molecule has 0 spiro atoms. The Kier molecular flexibility index (Phi) is 1.59. The van der Waals surface area contributed by atoms with Crippen molar-refractivity contribution in [2.75, 3.05) is 0 Å². The van der Waals surface area contributed by atoms with Crippen LogP contribution in [0.3, 0.4) is 0 Å². The summed E-state index contributed by atoms with van der Waals surface area (Å²) in [5.41, 5.74) is 4.12. The summed E-state index contributed by atoms with van der Waals surface area (Å²) in [5, 5.41) is 4.96. The third-order valence-electron chi connectivity index (χ3n) is 3.68. The molecule has 3 heterocycles. The Hall–Kier alpha value is -1.58. The van der Waals surface area contributed by atoms with Crippen LogP contribution >= 0.6 is 22.7 Å². The predicted octanol–water partition coefficient (Wildman–Crippen LogP) is 5.28. The third-order valence-corrected chi connectivity index (χ3v) is 5.76. The number of fused-ring (bicyclic) bond motifs is 4. The van der Waals surface area contributed by atoms with Crippen molar-refractivity contribution in [3.8, 4) is 11.1 Å². The van der Waals surface area contributed by atoms with E-state index in [9.17, 15) is 0 Å². The van der Waals surface area contributed by atoms with Gasteiger partial charge in [-0.1, -0.05) is 18.2 Å².